The van der Waals surface area contributed by atoms with Gasteiger partial charge < -0.3 is 15.2 Å². The van der Waals surface area contributed by atoms with Crippen LogP contribution in [-0.2, 0) is 14.9 Å². The summed E-state index contributed by atoms with van der Waals surface area (Å²) in [4.78, 5) is 38.3. The largest absolute Gasteiger partial charge is 0.465 e. The topological polar surface area (TPSA) is 95.9 Å². The molecule has 0 radical (unpaired) electrons. The van der Waals surface area contributed by atoms with Crippen molar-refractivity contribution in [3.63, 3.8) is 0 Å². The molecule has 1 heterocycles. The zero-order chi connectivity index (χ0) is 21.0. The van der Waals surface area contributed by atoms with E-state index in [1.165, 1.54) is 0 Å². The molecular formula is C22H24N2O5. The van der Waals surface area contributed by atoms with E-state index in [1.54, 1.807) is 0 Å². The minimum absolute atomic E-state index is 0.0689. The van der Waals surface area contributed by atoms with Gasteiger partial charge in [0.1, 0.15) is 12.6 Å². The molecule has 7 heteroatoms. The van der Waals surface area contributed by atoms with Gasteiger partial charge in [-0.1, -0.05) is 74.5 Å². The molecule has 2 unspecified atom stereocenters. The van der Waals surface area contributed by atoms with Crippen LogP contribution in [0.5, 0.6) is 0 Å². The van der Waals surface area contributed by atoms with E-state index in [-0.39, 0.29) is 13.2 Å². The molecule has 1 fully saturated rings. The van der Waals surface area contributed by atoms with Gasteiger partial charge in [-0.15, -0.1) is 0 Å². The number of rotatable bonds is 6. The van der Waals surface area contributed by atoms with Crippen LogP contribution in [-0.4, -0.2) is 41.3 Å². The first-order chi connectivity index (χ1) is 13.8. The Hall–Kier alpha value is -3.35. The normalized spacial score (nSPS) is 17.5. The molecule has 1 aliphatic rings. The van der Waals surface area contributed by atoms with E-state index < -0.39 is 35.5 Å². The van der Waals surface area contributed by atoms with Gasteiger partial charge in [-0.05, 0) is 11.1 Å². The number of carboxylic acid groups (broad SMARTS) is 1. The second kappa shape index (κ2) is 8.34. The van der Waals surface area contributed by atoms with E-state index in [1.807, 2.05) is 74.5 Å². The number of benzene rings is 2. The van der Waals surface area contributed by atoms with Gasteiger partial charge in [-0.2, -0.15) is 0 Å². The van der Waals surface area contributed by atoms with Gasteiger partial charge in [0.25, 0.3) is 0 Å². The van der Waals surface area contributed by atoms with Crippen LogP contribution < -0.4 is 5.32 Å². The minimum atomic E-state index is -1.23. The molecule has 2 N–H and O–H groups in total. The smallest absolute Gasteiger partial charge is 0.417 e. The number of ether oxygens (including phenoxy) is 1. The molecule has 0 bridgehead atoms. The Bertz CT molecular complexity index is 883. The zero-order valence-corrected chi connectivity index (χ0v) is 16.4. The average Bonchev–Trinajstić information content (AvgIpc) is 3.10. The first kappa shape index (κ1) is 20.4. The number of hydrogen-bond donors (Lipinski definition) is 2. The van der Waals surface area contributed by atoms with Gasteiger partial charge in [-0.3, -0.25) is 4.79 Å². The summed E-state index contributed by atoms with van der Waals surface area (Å²) in [6.45, 7) is 3.68. The van der Waals surface area contributed by atoms with Crippen molar-refractivity contribution in [1.82, 2.24) is 10.2 Å². The lowest BCUT2D eigenvalue weighted by Gasteiger charge is -2.36. The highest BCUT2D eigenvalue weighted by Gasteiger charge is 2.46. The molecule has 0 aliphatic carbocycles. The number of nitrogens with one attached hydrogen (secondary N) is 1. The van der Waals surface area contributed by atoms with Crippen LogP contribution in [0.1, 0.15) is 31.0 Å². The van der Waals surface area contributed by atoms with Crippen molar-refractivity contribution in [1.29, 1.82) is 0 Å². The Morgan fingerprint density at radius 2 is 1.72 bits per heavy atom. The number of cyclic esters (lactones) is 1. The molecule has 0 saturated carbocycles. The van der Waals surface area contributed by atoms with E-state index in [0.717, 1.165) is 16.0 Å². The summed E-state index contributed by atoms with van der Waals surface area (Å²) in [5, 5.41) is 11.4. The maximum atomic E-state index is 13.6. The third-order valence-electron chi connectivity index (χ3n) is 5.44. The lowest BCUT2D eigenvalue weighted by molar-refractivity contribution is -0.135. The molecule has 2 aromatic rings. The van der Waals surface area contributed by atoms with E-state index >= 15 is 0 Å². The summed E-state index contributed by atoms with van der Waals surface area (Å²) in [5.41, 5.74) is 0.925. The Morgan fingerprint density at radius 1 is 1.14 bits per heavy atom. The lowest BCUT2D eigenvalue weighted by atomic mass is 9.72. The first-order valence-corrected chi connectivity index (χ1v) is 9.39. The molecular weight excluding hydrogens is 372 g/mol. The summed E-state index contributed by atoms with van der Waals surface area (Å²) in [6.07, 6.45) is -1.94. The molecule has 0 spiro atoms. The van der Waals surface area contributed by atoms with Crippen molar-refractivity contribution in [3.05, 3.63) is 71.8 Å². The van der Waals surface area contributed by atoms with E-state index in [0.29, 0.717) is 0 Å². The molecule has 1 saturated heterocycles. The van der Waals surface area contributed by atoms with Crippen molar-refractivity contribution in [2.75, 3.05) is 13.2 Å². The van der Waals surface area contributed by atoms with Crippen LogP contribution in [0.2, 0.25) is 0 Å². The molecule has 0 aromatic heterocycles. The van der Waals surface area contributed by atoms with Crippen molar-refractivity contribution < 1.29 is 24.2 Å². The van der Waals surface area contributed by atoms with Gasteiger partial charge in [0.15, 0.2) is 0 Å². The fourth-order valence-corrected chi connectivity index (χ4v) is 3.66. The van der Waals surface area contributed by atoms with Gasteiger partial charge in [0.2, 0.25) is 5.91 Å². The number of amides is 3. The number of hydrogen-bond acceptors (Lipinski definition) is 4. The van der Waals surface area contributed by atoms with Crippen LogP contribution in [0, 0.1) is 5.92 Å². The number of carbonyl (C=O) groups is 3. The lowest BCUT2D eigenvalue weighted by Crippen LogP contribution is -2.50. The second-order valence-corrected chi connectivity index (χ2v) is 7.54. The number of imide groups is 1. The molecule has 1 aliphatic heterocycles. The first-order valence-electron chi connectivity index (χ1n) is 9.39. The SMILES string of the molecule is CC(C)(c1ccccc1)C(CNC(=O)O)C(=O)N1C(=O)OCC1c1ccccc1. The molecule has 3 amide bonds. The van der Waals surface area contributed by atoms with Crippen LogP contribution >= 0.6 is 0 Å². The Labute approximate surface area is 169 Å². The van der Waals surface area contributed by atoms with Gasteiger partial charge in [0.05, 0.1) is 5.92 Å². The second-order valence-electron chi connectivity index (χ2n) is 7.54. The maximum Gasteiger partial charge on any atom is 0.417 e. The Balaban J connectivity index is 1.97. The third kappa shape index (κ3) is 4.23. The molecule has 3 rings (SSSR count). The average molecular weight is 396 g/mol. The van der Waals surface area contributed by atoms with Crippen LogP contribution in [0.15, 0.2) is 60.7 Å². The van der Waals surface area contributed by atoms with Crippen molar-refractivity contribution in [3.8, 4) is 0 Å². The summed E-state index contributed by atoms with van der Waals surface area (Å²) < 4.78 is 5.18. The molecule has 29 heavy (non-hydrogen) atoms. The number of carbonyl (C=O) groups excluding carboxylic acids is 2. The van der Waals surface area contributed by atoms with Crippen LogP contribution in [0.3, 0.4) is 0 Å². The van der Waals surface area contributed by atoms with E-state index in [4.69, 9.17) is 9.84 Å². The molecule has 2 aromatic carbocycles. The highest BCUT2D eigenvalue weighted by Crippen LogP contribution is 2.36. The van der Waals surface area contributed by atoms with Gasteiger partial charge in [-0.25, -0.2) is 14.5 Å². The third-order valence-corrected chi connectivity index (χ3v) is 5.44. The van der Waals surface area contributed by atoms with Crippen molar-refractivity contribution >= 4 is 18.1 Å². The van der Waals surface area contributed by atoms with E-state index in [9.17, 15) is 14.4 Å². The summed E-state index contributed by atoms with van der Waals surface area (Å²) in [5.74, 6) is -1.28. The maximum absolute atomic E-state index is 13.6. The highest BCUT2D eigenvalue weighted by atomic mass is 16.6. The molecule has 2 atom stereocenters. The molecule has 7 nitrogen and oxygen atoms in total. The van der Waals surface area contributed by atoms with E-state index in [2.05, 4.69) is 5.32 Å². The standard InChI is InChI=1S/C22H24N2O5/c1-22(2,16-11-7-4-8-12-16)17(13-23-20(26)27)19(25)24-18(14-29-21(24)28)15-9-5-3-6-10-15/h3-12,17-18,23H,13-14H2,1-2H3,(H,26,27). The Kier molecular flexibility index (Phi) is 5.87. The minimum Gasteiger partial charge on any atom is -0.465 e. The fraction of sp³-hybridized carbons (Fsp3) is 0.318. The fourth-order valence-electron chi connectivity index (χ4n) is 3.66. The van der Waals surface area contributed by atoms with Crippen LogP contribution in [0.4, 0.5) is 9.59 Å². The summed E-state index contributed by atoms with van der Waals surface area (Å²) in [7, 11) is 0. The predicted molar refractivity (Wildman–Crippen MR) is 106 cm³/mol. The van der Waals surface area contributed by atoms with Crippen molar-refractivity contribution in [2.24, 2.45) is 5.92 Å². The van der Waals surface area contributed by atoms with Gasteiger partial charge >= 0.3 is 12.2 Å². The van der Waals surface area contributed by atoms with Gasteiger partial charge in [0, 0.05) is 12.0 Å². The zero-order valence-electron chi connectivity index (χ0n) is 16.4. The predicted octanol–water partition coefficient (Wildman–Crippen LogP) is 3.57. The summed E-state index contributed by atoms with van der Waals surface area (Å²) >= 11 is 0. The monoisotopic (exact) mass is 396 g/mol. The van der Waals surface area contributed by atoms with Crippen molar-refractivity contribution in [2.45, 2.75) is 25.3 Å². The summed E-state index contributed by atoms with van der Waals surface area (Å²) in [6, 6.07) is 18.0. The molecule has 152 valence electrons. The quantitative estimate of drug-likeness (QED) is 0.778. The highest BCUT2D eigenvalue weighted by molar-refractivity contribution is 5.96. The number of nitrogens with zero attached hydrogens (tertiary/aromatic N) is 1. The van der Waals surface area contributed by atoms with Crippen LogP contribution in [0.25, 0.3) is 0 Å². The Morgan fingerprint density at radius 3 is 2.31 bits per heavy atom.